The average Bonchev–Trinajstić information content (AvgIpc) is 3.28. The lowest BCUT2D eigenvalue weighted by Gasteiger charge is -2.43. The monoisotopic (exact) mass is 401 g/mol. The van der Waals surface area contributed by atoms with E-state index in [0.29, 0.717) is 41.5 Å². The number of methoxy groups -OCH3 is 3. The molecule has 2 saturated heterocycles. The van der Waals surface area contributed by atoms with Crippen LogP contribution in [0.25, 0.3) is 0 Å². The number of imidazole rings is 1. The minimum atomic E-state index is -1.02. The molecule has 0 spiro atoms. The Balaban J connectivity index is 1.64. The molecule has 3 heterocycles. The molecule has 4 rings (SSSR count). The van der Waals surface area contributed by atoms with E-state index in [1.54, 1.807) is 18.3 Å². The fraction of sp³-hybridized carbons (Fsp3) is 0.524. The lowest BCUT2D eigenvalue weighted by atomic mass is 9.85. The Bertz CT molecular complexity index is 886. The third kappa shape index (κ3) is 3.11. The highest BCUT2D eigenvalue weighted by Crippen LogP contribution is 2.46. The van der Waals surface area contributed by atoms with Gasteiger partial charge in [-0.1, -0.05) is 0 Å². The number of aliphatic hydroxyl groups is 1. The molecule has 29 heavy (non-hydrogen) atoms. The van der Waals surface area contributed by atoms with Crippen LogP contribution < -0.4 is 14.2 Å². The van der Waals surface area contributed by atoms with Crippen LogP contribution in [0.1, 0.15) is 41.9 Å². The van der Waals surface area contributed by atoms with Crippen LogP contribution in [-0.2, 0) is 12.6 Å². The van der Waals surface area contributed by atoms with Crippen LogP contribution in [-0.4, -0.2) is 58.9 Å². The quantitative estimate of drug-likeness (QED) is 0.826. The topological polar surface area (TPSA) is 86.1 Å². The van der Waals surface area contributed by atoms with Crippen molar-refractivity contribution in [1.29, 1.82) is 0 Å². The number of rotatable bonds is 5. The molecule has 8 heteroatoms. The summed E-state index contributed by atoms with van der Waals surface area (Å²) in [6.45, 7) is 0. The lowest BCUT2D eigenvalue weighted by molar-refractivity contribution is -0.0555. The van der Waals surface area contributed by atoms with Gasteiger partial charge in [-0.2, -0.15) is 0 Å². The number of hydrogen-bond acceptors (Lipinski definition) is 6. The molecular formula is C21H27N3O5. The first-order valence-corrected chi connectivity index (χ1v) is 9.74. The van der Waals surface area contributed by atoms with Crippen molar-refractivity contribution >= 4 is 5.91 Å². The van der Waals surface area contributed by atoms with Gasteiger partial charge in [0.05, 0.1) is 21.3 Å². The van der Waals surface area contributed by atoms with E-state index in [1.165, 1.54) is 21.3 Å². The van der Waals surface area contributed by atoms with E-state index < -0.39 is 5.60 Å². The molecule has 2 aromatic rings. The van der Waals surface area contributed by atoms with Crippen LogP contribution in [0.4, 0.5) is 0 Å². The molecule has 1 aromatic heterocycles. The molecule has 2 aliphatic rings. The summed E-state index contributed by atoms with van der Waals surface area (Å²) in [5, 5.41) is 11.3. The summed E-state index contributed by atoms with van der Waals surface area (Å²) in [5.41, 5.74) is -0.533. The summed E-state index contributed by atoms with van der Waals surface area (Å²) >= 11 is 0. The van der Waals surface area contributed by atoms with Crippen LogP contribution in [0.5, 0.6) is 17.2 Å². The van der Waals surface area contributed by atoms with Crippen molar-refractivity contribution in [2.75, 3.05) is 21.3 Å². The molecule has 0 saturated carbocycles. The minimum Gasteiger partial charge on any atom is -0.493 e. The molecule has 1 amide bonds. The van der Waals surface area contributed by atoms with E-state index in [4.69, 9.17) is 14.2 Å². The van der Waals surface area contributed by atoms with Gasteiger partial charge in [0, 0.05) is 49.9 Å². The van der Waals surface area contributed by atoms with Crippen molar-refractivity contribution in [3.63, 3.8) is 0 Å². The Labute approximate surface area is 170 Å². The third-order valence-corrected chi connectivity index (χ3v) is 6.15. The summed E-state index contributed by atoms with van der Waals surface area (Å²) in [5.74, 6) is 1.93. The van der Waals surface area contributed by atoms with E-state index in [1.807, 2.05) is 22.7 Å². The average molecular weight is 401 g/mol. The van der Waals surface area contributed by atoms with Gasteiger partial charge in [-0.3, -0.25) is 4.79 Å². The molecular weight excluding hydrogens is 374 g/mol. The molecule has 3 atom stereocenters. The Kier molecular flexibility index (Phi) is 4.90. The third-order valence-electron chi connectivity index (χ3n) is 6.15. The van der Waals surface area contributed by atoms with Gasteiger partial charge in [0.25, 0.3) is 5.91 Å². The van der Waals surface area contributed by atoms with Gasteiger partial charge in [-0.05, 0) is 25.0 Å². The highest BCUT2D eigenvalue weighted by Gasteiger charge is 2.51. The molecule has 0 radical (unpaired) electrons. The number of amides is 1. The largest absolute Gasteiger partial charge is 0.493 e. The highest BCUT2D eigenvalue weighted by atomic mass is 16.5. The van der Waals surface area contributed by atoms with E-state index in [2.05, 4.69) is 4.98 Å². The molecule has 2 aliphatic heterocycles. The second-order valence-electron chi connectivity index (χ2n) is 7.81. The van der Waals surface area contributed by atoms with Gasteiger partial charge >= 0.3 is 0 Å². The van der Waals surface area contributed by atoms with Gasteiger partial charge in [0.2, 0.25) is 5.75 Å². The zero-order valence-electron chi connectivity index (χ0n) is 17.2. The molecule has 8 nitrogen and oxygen atoms in total. The zero-order valence-corrected chi connectivity index (χ0v) is 17.2. The van der Waals surface area contributed by atoms with Gasteiger partial charge in [-0.15, -0.1) is 0 Å². The van der Waals surface area contributed by atoms with E-state index in [9.17, 15) is 9.90 Å². The minimum absolute atomic E-state index is 0.0398. The van der Waals surface area contributed by atoms with Gasteiger partial charge in [0.1, 0.15) is 11.4 Å². The lowest BCUT2D eigenvalue weighted by Crippen LogP contribution is -2.52. The SMILES string of the molecule is COc1cc(C(=O)N2[C@@H]3CC[C@H]2CC(O)(c2nccn2C)C3)cc(OC)c1OC. The van der Waals surface area contributed by atoms with Crippen LogP contribution in [0.15, 0.2) is 24.5 Å². The molecule has 0 aliphatic carbocycles. The number of carbonyl (C=O) groups excluding carboxylic acids is 1. The fourth-order valence-electron chi connectivity index (χ4n) is 4.91. The summed E-state index contributed by atoms with van der Waals surface area (Å²) in [7, 11) is 6.48. The number of aromatic nitrogens is 2. The molecule has 2 bridgehead atoms. The zero-order chi connectivity index (χ0) is 20.8. The number of carbonyl (C=O) groups is 1. The first-order chi connectivity index (χ1) is 13.9. The summed E-state index contributed by atoms with van der Waals surface area (Å²) < 4.78 is 18.0. The van der Waals surface area contributed by atoms with Gasteiger partial charge in [-0.25, -0.2) is 4.98 Å². The fourth-order valence-corrected chi connectivity index (χ4v) is 4.91. The number of ether oxygens (including phenoxy) is 3. The van der Waals surface area contributed by atoms with Crippen molar-refractivity contribution in [3.05, 3.63) is 35.9 Å². The Morgan fingerprint density at radius 1 is 1.10 bits per heavy atom. The first kappa shape index (κ1) is 19.6. The van der Waals surface area contributed by atoms with Crippen molar-refractivity contribution in [1.82, 2.24) is 14.5 Å². The van der Waals surface area contributed by atoms with Crippen molar-refractivity contribution in [2.45, 2.75) is 43.4 Å². The maximum absolute atomic E-state index is 13.4. The van der Waals surface area contributed by atoms with Crippen molar-refractivity contribution in [3.8, 4) is 17.2 Å². The second kappa shape index (κ2) is 7.26. The first-order valence-electron chi connectivity index (χ1n) is 9.74. The van der Waals surface area contributed by atoms with Crippen LogP contribution in [0, 0.1) is 0 Å². The number of nitrogens with zero attached hydrogens (tertiary/aromatic N) is 3. The number of aryl methyl sites for hydroxylation is 1. The van der Waals surface area contributed by atoms with Crippen molar-refractivity contribution < 1.29 is 24.1 Å². The van der Waals surface area contributed by atoms with Crippen LogP contribution >= 0.6 is 0 Å². The standard InChI is InChI=1S/C21H27N3O5/c1-23-8-7-22-20(23)21(26)11-14-5-6-15(12-21)24(14)19(25)13-9-16(27-2)18(29-4)17(10-13)28-3/h7-10,14-15,26H,5-6,11-12H2,1-4H3/t14-,15+,21?. The summed E-state index contributed by atoms with van der Waals surface area (Å²) in [4.78, 5) is 19.7. The van der Waals surface area contributed by atoms with E-state index >= 15 is 0 Å². The molecule has 1 N–H and O–H groups in total. The van der Waals surface area contributed by atoms with Crippen molar-refractivity contribution in [2.24, 2.45) is 7.05 Å². The Hall–Kier alpha value is -2.74. The smallest absolute Gasteiger partial charge is 0.254 e. The highest BCUT2D eigenvalue weighted by molar-refractivity contribution is 5.96. The van der Waals surface area contributed by atoms with Crippen LogP contribution in [0.2, 0.25) is 0 Å². The number of fused-ring (bicyclic) bond motifs is 2. The van der Waals surface area contributed by atoms with Gasteiger partial charge < -0.3 is 28.8 Å². The van der Waals surface area contributed by atoms with Crippen LogP contribution in [0.3, 0.4) is 0 Å². The summed E-state index contributed by atoms with van der Waals surface area (Å²) in [6.07, 6.45) is 6.22. The second-order valence-corrected chi connectivity index (χ2v) is 7.81. The maximum atomic E-state index is 13.4. The Morgan fingerprint density at radius 3 is 2.14 bits per heavy atom. The molecule has 1 aromatic carbocycles. The molecule has 2 fully saturated rings. The molecule has 1 unspecified atom stereocenters. The van der Waals surface area contributed by atoms with E-state index in [-0.39, 0.29) is 18.0 Å². The summed E-state index contributed by atoms with van der Waals surface area (Å²) in [6, 6.07) is 3.29. The Morgan fingerprint density at radius 2 is 1.69 bits per heavy atom. The van der Waals surface area contributed by atoms with Gasteiger partial charge in [0.15, 0.2) is 11.5 Å². The maximum Gasteiger partial charge on any atom is 0.254 e. The van der Waals surface area contributed by atoms with E-state index in [0.717, 1.165) is 12.8 Å². The number of benzene rings is 1. The predicted octanol–water partition coefficient (Wildman–Crippen LogP) is 2.10. The molecule has 156 valence electrons. The number of hydrogen-bond donors (Lipinski definition) is 1. The number of piperidine rings is 1. The normalized spacial score (nSPS) is 25.8. The predicted molar refractivity (Wildman–Crippen MR) is 105 cm³/mol.